The lowest BCUT2D eigenvalue weighted by atomic mass is 10.2. The molecule has 0 bridgehead atoms. The maximum Gasteiger partial charge on any atom is 0.221 e. The Morgan fingerprint density at radius 3 is 2.42 bits per heavy atom. The monoisotopic (exact) mass is 393 g/mol. The predicted octanol–water partition coefficient (Wildman–Crippen LogP) is 5.92. The van der Waals surface area contributed by atoms with E-state index in [0.717, 1.165) is 10.5 Å². The predicted molar refractivity (Wildman–Crippen MR) is 109 cm³/mol. The van der Waals surface area contributed by atoms with Crippen molar-refractivity contribution >= 4 is 35.0 Å². The summed E-state index contributed by atoms with van der Waals surface area (Å²) in [5.41, 5.74) is 1.50. The minimum atomic E-state index is -0.140. The maximum atomic E-state index is 11.2. The van der Waals surface area contributed by atoms with Crippen LogP contribution in [0.25, 0.3) is 0 Å². The van der Waals surface area contributed by atoms with Gasteiger partial charge in [0, 0.05) is 29.4 Å². The molecule has 0 aromatic heterocycles. The highest BCUT2D eigenvalue weighted by molar-refractivity contribution is 8.00. The lowest BCUT2D eigenvalue weighted by molar-refractivity contribution is -0.114. The molecule has 0 aliphatic rings. The molecule has 0 aliphatic heterocycles. The van der Waals surface area contributed by atoms with Gasteiger partial charge in [0.1, 0.15) is 11.5 Å². The summed E-state index contributed by atoms with van der Waals surface area (Å²) in [6, 6.07) is 11.4. The molecule has 4 nitrogen and oxygen atoms in total. The van der Waals surface area contributed by atoms with Gasteiger partial charge in [-0.15, -0.1) is 11.8 Å². The molecule has 140 valence electrons. The van der Waals surface area contributed by atoms with Gasteiger partial charge in [0.25, 0.3) is 0 Å². The lowest BCUT2D eigenvalue weighted by Gasteiger charge is -2.22. The number of hydrogen-bond acceptors (Lipinski definition) is 4. The Hall–Kier alpha value is -1.69. The molecule has 2 aromatic carbocycles. The average Bonchev–Trinajstić information content (AvgIpc) is 2.51. The number of carbonyl (C=O) groups is 1. The molecule has 1 amide bonds. The van der Waals surface area contributed by atoms with Crippen LogP contribution < -0.4 is 10.1 Å². The van der Waals surface area contributed by atoms with Gasteiger partial charge in [-0.2, -0.15) is 0 Å². The molecular weight excluding hydrogens is 370 g/mol. The lowest BCUT2D eigenvalue weighted by Crippen LogP contribution is -2.21. The first-order chi connectivity index (χ1) is 12.2. The maximum absolute atomic E-state index is 11.2. The number of methoxy groups -OCH3 is 1. The molecule has 2 aromatic rings. The van der Waals surface area contributed by atoms with Crippen molar-refractivity contribution in [3.05, 3.63) is 47.0 Å². The largest absolute Gasteiger partial charge is 0.456 e. The molecule has 0 unspecified atom stereocenters. The quantitative estimate of drug-likeness (QED) is 0.593. The van der Waals surface area contributed by atoms with Crippen LogP contribution in [0.2, 0.25) is 5.02 Å². The number of carbonyl (C=O) groups excluding carboxylic acids is 1. The van der Waals surface area contributed by atoms with Crippen LogP contribution >= 0.6 is 23.4 Å². The van der Waals surface area contributed by atoms with Gasteiger partial charge in [0.15, 0.2) is 0 Å². The smallest absolute Gasteiger partial charge is 0.221 e. The number of rotatable bonds is 7. The summed E-state index contributed by atoms with van der Waals surface area (Å²) in [6.07, 6.45) is 0. The molecule has 0 heterocycles. The highest BCUT2D eigenvalue weighted by Crippen LogP contribution is 2.37. The van der Waals surface area contributed by atoms with E-state index in [9.17, 15) is 4.79 Å². The van der Waals surface area contributed by atoms with E-state index in [1.165, 1.54) is 6.92 Å². The van der Waals surface area contributed by atoms with E-state index in [0.29, 0.717) is 28.8 Å². The Labute approximate surface area is 164 Å². The minimum Gasteiger partial charge on any atom is -0.456 e. The van der Waals surface area contributed by atoms with Gasteiger partial charge >= 0.3 is 0 Å². The van der Waals surface area contributed by atoms with E-state index in [4.69, 9.17) is 21.1 Å². The second-order valence-electron chi connectivity index (χ2n) is 6.65. The van der Waals surface area contributed by atoms with Crippen molar-refractivity contribution in [2.45, 2.75) is 37.3 Å². The van der Waals surface area contributed by atoms with Crippen LogP contribution in [0.1, 0.15) is 26.3 Å². The van der Waals surface area contributed by atoms with Crippen molar-refractivity contribution in [1.29, 1.82) is 0 Å². The highest BCUT2D eigenvalue weighted by atomic mass is 35.5. The number of amides is 1. The molecule has 6 heteroatoms. The van der Waals surface area contributed by atoms with E-state index in [2.05, 4.69) is 19.2 Å². The van der Waals surface area contributed by atoms with Crippen molar-refractivity contribution < 1.29 is 14.3 Å². The fourth-order valence-electron chi connectivity index (χ4n) is 2.53. The van der Waals surface area contributed by atoms with Crippen LogP contribution in [0.5, 0.6) is 11.5 Å². The third-order valence-electron chi connectivity index (χ3n) is 3.48. The molecular formula is C20H24ClNO3S. The van der Waals surface area contributed by atoms with Crippen molar-refractivity contribution in [3.63, 3.8) is 0 Å². The molecule has 0 saturated heterocycles. The normalized spacial score (nSPS) is 11.3. The number of aryl methyl sites for hydroxylation is 1. The number of ether oxygens (including phenoxy) is 2. The molecule has 26 heavy (non-hydrogen) atoms. The number of nitrogens with one attached hydrogen (secondary N) is 1. The van der Waals surface area contributed by atoms with Gasteiger partial charge in [-0.1, -0.05) is 11.6 Å². The summed E-state index contributed by atoms with van der Waals surface area (Å²) in [6.45, 7) is 8.31. The third kappa shape index (κ3) is 5.94. The van der Waals surface area contributed by atoms with Crippen LogP contribution in [0.15, 0.2) is 41.3 Å². The third-order valence-corrected chi connectivity index (χ3v) is 4.94. The van der Waals surface area contributed by atoms with Gasteiger partial charge < -0.3 is 14.8 Å². The number of thioether (sulfide) groups is 1. The van der Waals surface area contributed by atoms with Gasteiger partial charge in [0.2, 0.25) is 5.91 Å². The van der Waals surface area contributed by atoms with Gasteiger partial charge in [-0.3, -0.25) is 4.79 Å². The molecule has 0 saturated carbocycles. The Balaban J connectivity index is 2.13. The number of halogens is 1. The van der Waals surface area contributed by atoms with Crippen LogP contribution in [0.4, 0.5) is 5.69 Å². The topological polar surface area (TPSA) is 47.6 Å². The van der Waals surface area contributed by atoms with Gasteiger partial charge in [0.05, 0.1) is 11.6 Å². The van der Waals surface area contributed by atoms with Crippen LogP contribution in [0, 0.1) is 6.92 Å². The van der Waals surface area contributed by atoms with E-state index in [-0.39, 0.29) is 10.7 Å². The van der Waals surface area contributed by atoms with Crippen molar-refractivity contribution in [2.75, 3.05) is 19.0 Å². The zero-order valence-electron chi connectivity index (χ0n) is 15.7. The first kappa shape index (κ1) is 20.6. The van der Waals surface area contributed by atoms with Gasteiger partial charge in [-0.05, 0) is 62.7 Å². The zero-order chi connectivity index (χ0) is 19.3. The van der Waals surface area contributed by atoms with Crippen LogP contribution in [-0.4, -0.2) is 24.4 Å². The number of hydrogen-bond donors (Lipinski definition) is 1. The molecule has 2 rings (SSSR count). The van der Waals surface area contributed by atoms with Gasteiger partial charge in [-0.25, -0.2) is 0 Å². The van der Waals surface area contributed by atoms with E-state index in [1.807, 2.05) is 37.3 Å². The van der Waals surface area contributed by atoms with E-state index in [1.54, 1.807) is 24.9 Å². The Morgan fingerprint density at radius 2 is 1.88 bits per heavy atom. The first-order valence-corrected chi connectivity index (χ1v) is 9.43. The summed E-state index contributed by atoms with van der Waals surface area (Å²) in [5, 5.41) is 3.18. The minimum absolute atomic E-state index is 0.00341. The summed E-state index contributed by atoms with van der Waals surface area (Å²) in [5.74, 6) is 1.15. The Morgan fingerprint density at radius 1 is 1.23 bits per heavy atom. The summed E-state index contributed by atoms with van der Waals surface area (Å²) in [7, 11) is 1.71. The number of anilines is 1. The van der Waals surface area contributed by atoms with Crippen LogP contribution in [-0.2, 0) is 9.53 Å². The molecule has 1 N–H and O–H groups in total. The zero-order valence-corrected chi connectivity index (χ0v) is 17.3. The van der Waals surface area contributed by atoms with Crippen molar-refractivity contribution in [3.8, 4) is 11.5 Å². The molecule has 0 fully saturated rings. The fraction of sp³-hybridized carbons (Fsp3) is 0.350. The molecule has 0 aliphatic carbocycles. The fourth-order valence-corrected chi connectivity index (χ4v) is 3.92. The Bertz CT molecular complexity index is 752. The van der Waals surface area contributed by atoms with Crippen molar-refractivity contribution in [2.24, 2.45) is 0 Å². The second-order valence-corrected chi connectivity index (χ2v) is 8.84. The van der Waals surface area contributed by atoms with E-state index >= 15 is 0 Å². The Kier molecular flexibility index (Phi) is 6.98. The van der Waals surface area contributed by atoms with Crippen LogP contribution in [0.3, 0.4) is 0 Å². The average molecular weight is 394 g/mol. The summed E-state index contributed by atoms with van der Waals surface area (Å²) >= 11 is 8.08. The second kappa shape index (κ2) is 8.80. The molecule has 0 radical (unpaired) electrons. The van der Waals surface area contributed by atoms with Crippen molar-refractivity contribution in [1.82, 2.24) is 0 Å². The SMILES string of the molecule is COCC(C)(C)Sc1ccc(Oc2c(C)cc(NC(C)=O)cc2Cl)cc1. The standard InChI is InChI=1S/C20H24ClNO3S/c1-13-10-15(22-14(2)23)11-18(21)19(13)25-16-6-8-17(9-7-16)26-20(3,4)12-24-5/h6-11H,12H2,1-5H3,(H,22,23). The highest BCUT2D eigenvalue weighted by Gasteiger charge is 2.19. The van der Waals surface area contributed by atoms with E-state index < -0.39 is 0 Å². The number of benzene rings is 2. The first-order valence-electron chi connectivity index (χ1n) is 8.24. The summed E-state index contributed by atoms with van der Waals surface area (Å²) in [4.78, 5) is 12.3. The molecule has 0 spiro atoms. The molecule has 0 atom stereocenters. The summed E-state index contributed by atoms with van der Waals surface area (Å²) < 4.78 is 11.2.